The number of nitrogens with one attached hydrogen (secondary N) is 1. The van der Waals surface area contributed by atoms with Gasteiger partial charge in [-0.05, 0) is 47.9 Å². The van der Waals surface area contributed by atoms with Crippen LogP contribution >= 0.6 is 0 Å². The molecule has 30 heavy (non-hydrogen) atoms. The van der Waals surface area contributed by atoms with Gasteiger partial charge in [0.2, 0.25) is 5.76 Å². The zero-order valence-electron chi connectivity index (χ0n) is 16.5. The molecule has 1 amide bonds. The quantitative estimate of drug-likeness (QED) is 0.582. The van der Waals surface area contributed by atoms with Crippen molar-refractivity contribution in [2.75, 3.05) is 0 Å². The van der Waals surface area contributed by atoms with E-state index in [1.165, 1.54) is 18.2 Å². The molecule has 0 bridgehead atoms. The summed E-state index contributed by atoms with van der Waals surface area (Å²) in [6, 6.07) is 13.5. The highest BCUT2D eigenvalue weighted by atomic mass is 19.1. The van der Waals surface area contributed by atoms with Gasteiger partial charge < -0.3 is 19.7 Å². The molecule has 0 saturated heterocycles. The first kappa shape index (κ1) is 21.0. The van der Waals surface area contributed by atoms with Gasteiger partial charge in [-0.15, -0.1) is 0 Å². The Bertz CT molecular complexity index is 1010. The summed E-state index contributed by atoms with van der Waals surface area (Å²) in [5.41, 5.74) is 1.97. The van der Waals surface area contributed by atoms with Gasteiger partial charge in [0.15, 0.2) is 0 Å². The van der Waals surface area contributed by atoms with E-state index in [0.29, 0.717) is 23.6 Å². The Hall–Kier alpha value is -3.68. The molecule has 2 aromatic carbocycles. The third kappa shape index (κ3) is 5.22. The van der Waals surface area contributed by atoms with Gasteiger partial charge in [-0.1, -0.05) is 31.1 Å². The summed E-state index contributed by atoms with van der Waals surface area (Å²) in [5, 5.41) is 15.5. The molecule has 0 spiro atoms. The number of carbonyl (C=O) groups is 2. The van der Waals surface area contributed by atoms with Crippen molar-refractivity contribution in [2.45, 2.75) is 26.5 Å². The van der Waals surface area contributed by atoms with E-state index >= 15 is 0 Å². The molecular formula is C22H21FN2O5. The van der Waals surface area contributed by atoms with Gasteiger partial charge in [-0.2, -0.15) is 0 Å². The Morgan fingerprint density at radius 2 is 1.80 bits per heavy atom. The minimum absolute atomic E-state index is 0.0754. The van der Waals surface area contributed by atoms with E-state index in [9.17, 15) is 19.1 Å². The molecule has 156 valence electrons. The Morgan fingerprint density at radius 3 is 2.40 bits per heavy atom. The minimum atomic E-state index is -1.12. The van der Waals surface area contributed by atoms with Crippen LogP contribution in [-0.4, -0.2) is 28.2 Å². The number of benzene rings is 2. The zero-order chi connectivity index (χ0) is 21.7. The number of carboxylic acids is 1. The molecule has 0 aliphatic rings. The number of hydrogen-bond donors (Lipinski definition) is 2. The van der Waals surface area contributed by atoms with Crippen molar-refractivity contribution in [3.8, 4) is 17.0 Å². The molecule has 0 aliphatic heterocycles. The molecule has 0 unspecified atom stereocenters. The molecule has 0 radical (unpaired) electrons. The molecule has 3 rings (SSSR count). The van der Waals surface area contributed by atoms with Crippen LogP contribution in [0.2, 0.25) is 0 Å². The smallest absolute Gasteiger partial charge is 0.326 e. The summed E-state index contributed by atoms with van der Waals surface area (Å²) in [6.45, 7) is 3.70. The second kappa shape index (κ2) is 9.21. The lowest BCUT2D eigenvalue weighted by Gasteiger charge is -2.16. The maximum atomic E-state index is 12.9. The summed E-state index contributed by atoms with van der Waals surface area (Å²) in [6.07, 6.45) is 0. The Kier molecular flexibility index (Phi) is 6.46. The van der Waals surface area contributed by atoms with Gasteiger partial charge in [0.1, 0.15) is 29.9 Å². The van der Waals surface area contributed by atoms with Crippen molar-refractivity contribution in [3.63, 3.8) is 0 Å². The zero-order valence-corrected chi connectivity index (χ0v) is 16.5. The molecule has 3 aromatic rings. The number of aliphatic carboxylic acids is 1. The number of rotatable bonds is 8. The summed E-state index contributed by atoms with van der Waals surface area (Å²) in [5.74, 6) is -1.80. The van der Waals surface area contributed by atoms with Gasteiger partial charge in [-0.3, -0.25) is 4.79 Å². The van der Waals surface area contributed by atoms with E-state index in [-0.39, 0.29) is 17.5 Å². The monoisotopic (exact) mass is 412 g/mol. The number of carboxylic acid groups (broad SMARTS) is 1. The summed E-state index contributed by atoms with van der Waals surface area (Å²) in [4.78, 5) is 23.5. The number of amides is 1. The maximum absolute atomic E-state index is 12.9. The lowest BCUT2D eigenvalue weighted by molar-refractivity contribution is -0.140. The number of halogens is 1. The molecule has 1 atom stereocenters. The molecule has 0 saturated carbocycles. The molecule has 0 aliphatic carbocycles. The van der Waals surface area contributed by atoms with Gasteiger partial charge in [0, 0.05) is 11.6 Å². The third-order valence-corrected chi connectivity index (χ3v) is 4.42. The fraction of sp³-hybridized carbons (Fsp3) is 0.227. The van der Waals surface area contributed by atoms with Crippen LogP contribution in [0.4, 0.5) is 4.39 Å². The summed E-state index contributed by atoms with van der Waals surface area (Å²) >= 11 is 0. The standard InChI is InChI=1S/C22H21FN2O5/c1-13(2)20(22(27)28)24-21(26)19-11-18(25-30-19)15-5-9-17(10-6-15)29-12-14-3-7-16(23)8-4-14/h3-11,13,20H,12H2,1-2H3,(H,24,26)(H,27,28)/t20-/m0/s1. The van der Waals surface area contributed by atoms with Crippen LogP contribution in [0.15, 0.2) is 59.1 Å². The van der Waals surface area contributed by atoms with E-state index < -0.39 is 17.9 Å². The number of aromatic nitrogens is 1. The van der Waals surface area contributed by atoms with Gasteiger partial charge in [-0.25, -0.2) is 9.18 Å². The molecule has 1 heterocycles. The van der Waals surface area contributed by atoms with E-state index in [4.69, 9.17) is 9.26 Å². The van der Waals surface area contributed by atoms with Crippen molar-refractivity contribution in [2.24, 2.45) is 5.92 Å². The Balaban J connectivity index is 1.63. The summed E-state index contributed by atoms with van der Waals surface area (Å²) < 4.78 is 23.7. The lowest BCUT2D eigenvalue weighted by atomic mass is 10.0. The molecule has 1 aromatic heterocycles. The lowest BCUT2D eigenvalue weighted by Crippen LogP contribution is -2.44. The van der Waals surface area contributed by atoms with Crippen molar-refractivity contribution in [3.05, 3.63) is 71.7 Å². The Morgan fingerprint density at radius 1 is 1.13 bits per heavy atom. The molecule has 8 heteroatoms. The van der Waals surface area contributed by atoms with Crippen LogP contribution in [-0.2, 0) is 11.4 Å². The van der Waals surface area contributed by atoms with Crippen LogP contribution in [0.1, 0.15) is 30.0 Å². The first-order valence-corrected chi connectivity index (χ1v) is 9.31. The van der Waals surface area contributed by atoms with Crippen LogP contribution in [0, 0.1) is 11.7 Å². The summed E-state index contributed by atoms with van der Waals surface area (Å²) in [7, 11) is 0. The van der Waals surface area contributed by atoms with Crippen molar-refractivity contribution >= 4 is 11.9 Å². The number of nitrogens with zero attached hydrogens (tertiary/aromatic N) is 1. The molecule has 0 fully saturated rings. The average molecular weight is 412 g/mol. The van der Waals surface area contributed by atoms with Crippen LogP contribution < -0.4 is 10.1 Å². The van der Waals surface area contributed by atoms with Crippen molar-refractivity contribution in [1.82, 2.24) is 10.5 Å². The topological polar surface area (TPSA) is 102 Å². The second-order valence-corrected chi connectivity index (χ2v) is 7.05. The highest BCUT2D eigenvalue weighted by molar-refractivity contribution is 5.95. The largest absolute Gasteiger partial charge is 0.489 e. The first-order chi connectivity index (χ1) is 14.3. The van der Waals surface area contributed by atoms with Crippen molar-refractivity contribution in [1.29, 1.82) is 0 Å². The second-order valence-electron chi connectivity index (χ2n) is 7.05. The van der Waals surface area contributed by atoms with E-state index in [1.807, 2.05) is 0 Å². The maximum Gasteiger partial charge on any atom is 0.326 e. The fourth-order valence-electron chi connectivity index (χ4n) is 2.71. The van der Waals surface area contributed by atoms with Crippen LogP contribution in [0.25, 0.3) is 11.3 Å². The number of ether oxygens (including phenoxy) is 1. The van der Waals surface area contributed by atoms with Crippen molar-refractivity contribution < 1.29 is 28.3 Å². The predicted molar refractivity (Wildman–Crippen MR) is 106 cm³/mol. The highest BCUT2D eigenvalue weighted by Crippen LogP contribution is 2.23. The average Bonchev–Trinajstić information content (AvgIpc) is 3.22. The number of hydrogen-bond acceptors (Lipinski definition) is 5. The third-order valence-electron chi connectivity index (χ3n) is 4.42. The normalized spacial score (nSPS) is 11.9. The minimum Gasteiger partial charge on any atom is -0.489 e. The predicted octanol–water partition coefficient (Wildman–Crippen LogP) is 3.90. The highest BCUT2D eigenvalue weighted by Gasteiger charge is 2.25. The SMILES string of the molecule is CC(C)[C@H](NC(=O)c1cc(-c2ccc(OCc3ccc(F)cc3)cc2)no1)C(=O)O. The van der Waals surface area contributed by atoms with Gasteiger partial charge in [0.05, 0.1) is 0 Å². The first-order valence-electron chi connectivity index (χ1n) is 9.31. The van der Waals surface area contributed by atoms with Crippen LogP contribution in [0.3, 0.4) is 0 Å². The van der Waals surface area contributed by atoms with E-state index in [0.717, 1.165) is 5.56 Å². The molecule has 2 N–H and O–H groups in total. The fourth-order valence-corrected chi connectivity index (χ4v) is 2.71. The Labute approximate surface area is 172 Å². The number of carbonyl (C=O) groups excluding carboxylic acids is 1. The molecular weight excluding hydrogens is 391 g/mol. The van der Waals surface area contributed by atoms with Gasteiger partial charge >= 0.3 is 5.97 Å². The van der Waals surface area contributed by atoms with Crippen LogP contribution in [0.5, 0.6) is 5.75 Å². The molecule has 7 nitrogen and oxygen atoms in total. The van der Waals surface area contributed by atoms with Gasteiger partial charge in [0.25, 0.3) is 5.91 Å². The van der Waals surface area contributed by atoms with E-state index in [1.54, 1.807) is 50.2 Å². The van der Waals surface area contributed by atoms with E-state index in [2.05, 4.69) is 10.5 Å².